The number of anilines is 1. The van der Waals surface area contributed by atoms with Crippen LogP contribution in [0.3, 0.4) is 0 Å². The molecule has 0 amide bonds. The molecule has 1 N–H and O–H groups in total. The number of hydrogen-bond donors (Lipinski definition) is 1. The summed E-state index contributed by atoms with van der Waals surface area (Å²) in [5.41, 5.74) is 1.64. The SMILES string of the molecule is CCCS(=O)(=O)c1ccccc1NCc1cccc(Cl)c1. The van der Waals surface area contributed by atoms with Crippen molar-refractivity contribution in [2.75, 3.05) is 11.1 Å². The van der Waals surface area contributed by atoms with Crippen molar-refractivity contribution in [1.82, 2.24) is 0 Å². The zero-order valence-electron chi connectivity index (χ0n) is 11.8. The summed E-state index contributed by atoms with van der Waals surface area (Å²) in [5, 5.41) is 3.85. The maximum Gasteiger partial charge on any atom is 0.180 e. The Morgan fingerprint density at radius 3 is 2.57 bits per heavy atom. The van der Waals surface area contributed by atoms with Crippen LogP contribution in [0.2, 0.25) is 5.02 Å². The van der Waals surface area contributed by atoms with Gasteiger partial charge in [0.2, 0.25) is 0 Å². The molecule has 0 heterocycles. The molecule has 0 spiro atoms. The molecule has 21 heavy (non-hydrogen) atoms. The second kappa shape index (κ2) is 6.96. The van der Waals surface area contributed by atoms with Crippen molar-refractivity contribution in [1.29, 1.82) is 0 Å². The lowest BCUT2D eigenvalue weighted by Gasteiger charge is -2.12. The maximum absolute atomic E-state index is 12.3. The lowest BCUT2D eigenvalue weighted by molar-refractivity contribution is 0.595. The van der Waals surface area contributed by atoms with E-state index in [-0.39, 0.29) is 5.75 Å². The predicted octanol–water partition coefficient (Wildman–Crippen LogP) is 4.14. The predicted molar refractivity (Wildman–Crippen MR) is 87.6 cm³/mol. The van der Waals surface area contributed by atoms with E-state index in [2.05, 4.69) is 5.32 Å². The minimum Gasteiger partial charge on any atom is -0.380 e. The number of sulfone groups is 1. The van der Waals surface area contributed by atoms with E-state index in [0.29, 0.717) is 28.6 Å². The topological polar surface area (TPSA) is 46.2 Å². The van der Waals surface area contributed by atoms with E-state index < -0.39 is 9.84 Å². The first-order chi connectivity index (χ1) is 10.0. The van der Waals surface area contributed by atoms with Gasteiger partial charge in [0.05, 0.1) is 16.3 Å². The summed E-state index contributed by atoms with van der Waals surface area (Å²) in [7, 11) is -3.24. The van der Waals surface area contributed by atoms with Gasteiger partial charge in [-0.05, 0) is 36.2 Å². The molecule has 112 valence electrons. The summed E-state index contributed by atoms with van der Waals surface area (Å²) in [6, 6.07) is 14.5. The Labute approximate surface area is 130 Å². The van der Waals surface area contributed by atoms with Crippen LogP contribution in [-0.4, -0.2) is 14.2 Å². The van der Waals surface area contributed by atoms with Gasteiger partial charge in [-0.25, -0.2) is 8.42 Å². The monoisotopic (exact) mass is 323 g/mol. The first kappa shape index (κ1) is 15.9. The molecule has 5 heteroatoms. The minimum absolute atomic E-state index is 0.156. The Bertz CT molecular complexity index is 714. The fourth-order valence-electron chi connectivity index (χ4n) is 2.11. The molecule has 3 nitrogen and oxygen atoms in total. The van der Waals surface area contributed by atoms with Gasteiger partial charge in [0, 0.05) is 11.6 Å². The van der Waals surface area contributed by atoms with Gasteiger partial charge in [-0.2, -0.15) is 0 Å². The van der Waals surface area contributed by atoms with E-state index in [9.17, 15) is 8.42 Å². The minimum atomic E-state index is -3.24. The highest BCUT2D eigenvalue weighted by molar-refractivity contribution is 7.91. The highest BCUT2D eigenvalue weighted by atomic mass is 35.5. The Morgan fingerprint density at radius 2 is 1.86 bits per heavy atom. The van der Waals surface area contributed by atoms with E-state index in [4.69, 9.17) is 11.6 Å². The molecule has 0 aliphatic rings. The normalized spacial score (nSPS) is 11.3. The molecule has 2 aromatic carbocycles. The average molecular weight is 324 g/mol. The van der Waals surface area contributed by atoms with Crippen LogP contribution in [0.1, 0.15) is 18.9 Å². The van der Waals surface area contributed by atoms with Crippen LogP contribution in [0.4, 0.5) is 5.69 Å². The molecule has 0 unspecified atom stereocenters. The lowest BCUT2D eigenvalue weighted by atomic mass is 10.2. The number of rotatable bonds is 6. The third kappa shape index (κ3) is 4.22. The summed E-state index contributed by atoms with van der Waals surface area (Å²) >= 11 is 5.95. The summed E-state index contributed by atoms with van der Waals surface area (Å²) in [4.78, 5) is 0.355. The van der Waals surface area contributed by atoms with Gasteiger partial charge in [0.25, 0.3) is 0 Å². The van der Waals surface area contributed by atoms with Crippen LogP contribution in [0.5, 0.6) is 0 Å². The molecule has 0 aliphatic carbocycles. The van der Waals surface area contributed by atoms with Crippen LogP contribution >= 0.6 is 11.6 Å². The first-order valence-corrected chi connectivity index (χ1v) is 8.86. The van der Waals surface area contributed by atoms with Crippen molar-refractivity contribution in [3.05, 3.63) is 59.1 Å². The number of benzene rings is 2. The second-order valence-corrected chi connectivity index (χ2v) is 7.31. The number of halogens is 1. The fraction of sp³-hybridized carbons (Fsp3) is 0.250. The van der Waals surface area contributed by atoms with E-state index in [1.165, 1.54) is 0 Å². The second-order valence-electron chi connectivity index (χ2n) is 4.80. The quantitative estimate of drug-likeness (QED) is 0.869. The molecule has 0 saturated heterocycles. The molecule has 0 aliphatic heterocycles. The zero-order valence-corrected chi connectivity index (χ0v) is 13.4. The molecule has 0 atom stereocenters. The number of hydrogen-bond acceptors (Lipinski definition) is 3. The van der Waals surface area contributed by atoms with E-state index in [0.717, 1.165) is 5.56 Å². The molecule has 0 aromatic heterocycles. The first-order valence-electron chi connectivity index (χ1n) is 6.83. The van der Waals surface area contributed by atoms with Crippen molar-refractivity contribution < 1.29 is 8.42 Å². The number of nitrogens with one attached hydrogen (secondary N) is 1. The van der Waals surface area contributed by atoms with Crippen molar-refractivity contribution >= 4 is 27.1 Å². The summed E-state index contributed by atoms with van der Waals surface area (Å²) in [5.74, 6) is 0.156. The van der Waals surface area contributed by atoms with Crippen molar-refractivity contribution in [2.45, 2.75) is 24.8 Å². The summed E-state index contributed by atoms with van der Waals surface area (Å²) in [6.07, 6.45) is 0.602. The van der Waals surface area contributed by atoms with Crippen LogP contribution in [0.15, 0.2) is 53.4 Å². The third-order valence-electron chi connectivity index (χ3n) is 3.07. The summed E-state index contributed by atoms with van der Waals surface area (Å²) in [6.45, 7) is 2.39. The smallest absolute Gasteiger partial charge is 0.180 e. The highest BCUT2D eigenvalue weighted by Gasteiger charge is 2.17. The van der Waals surface area contributed by atoms with Gasteiger partial charge >= 0.3 is 0 Å². The third-order valence-corrected chi connectivity index (χ3v) is 5.27. The molecular formula is C16H18ClNO2S. The average Bonchev–Trinajstić information content (AvgIpc) is 2.45. The maximum atomic E-state index is 12.3. The molecule has 0 bridgehead atoms. The van der Waals surface area contributed by atoms with Crippen LogP contribution < -0.4 is 5.32 Å². The zero-order chi connectivity index (χ0) is 15.3. The van der Waals surface area contributed by atoms with Gasteiger partial charge in [0.1, 0.15) is 0 Å². The van der Waals surface area contributed by atoms with E-state index in [1.807, 2.05) is 37.3 Å². The Kier molecular flexibility index (Phi) is 5.26. The summed E-state index contributed by atoms with van der Waals surface area (Å²) < 4.78 is 24.5. The van der Waals surface area contributed by atoms with Gasteiger partial charge in [-0.15, -0.1) is 0 Å². The Hall–Kier alpha value is -1.52. The van der Waals surface area contributed by atoms with Crippen molar-refractivity contribution in [3.8, 4) is 0 Å². The van der Waals surface area contributed by atoms with Gasteiger partial charge in [0.15, 0.2) is 9.84 Å². The fourth-order valence-corrected chi connectivity index (χ4v) is 3.84. The van der Waals surface area contributed by atoms with Gasteiger partial charge < -0.3 is 5.32 Å². The van der Waals surface area contributed by atoms with E-state index >= 15 is 0 Å². The van der Waals surface area contributed by atoms with Gasteiger partial charge in [-0.1, -0.05) is 42.8 Å². The Balaban J connectivity index is 2.21. The molecule has 0 radical (unpaired) electrons. The molecule has 2 aromatic rings. The lowest BCUT2D eigenvalue weighted by Crippen LogP contribution is -2.10. The molecular weight excluding hydrogens is 306 g/mol. The Morgan fingerprint density at radius 1 is 1.10 bits per heavy atom. The highest BCUT2D eigenvalue weighted by Crippen LogP contribution is 2.23. The molecule has 0 saturated carbocycles. The standard InChI is InChI=1S/C16H18ClNO2S/c1-2-10-21(19,20)16-9-4-3-8-15(16)18-12-13-6-5-7-14(17)11-13/h3-9,11,18H,2,10,12H2,1H3. The van der Waals surface area contributed by atoms with Crippen molar-refractivity contribution in [3.63, 3.8) is 0 Å². The molecule has 2 rings (SSSR count). The molecule has 0 fully saturated rings. The van der Waals surface area contributed by atoms with Crippen molar-refractivity contribution in [2.24, 2.45) is 0 Å². The van der Waals surface area contributed by atoms with Gasteiger partial charge in [-0.3, -0.25) is 0 Å². The largest absolute Gasteiger partial charge is 0.380 e. The van der Waals surface area contributed by atoms with Crippen LogP contribution in [0.25, 0.3) is 0 Å². The number of para-hydroxylation sites is 1. The van der Waals surface area contributed by atoms with E-state index in [1.54, 1.807) is 18.2 Å². The van der Waals surface area contributed by atoms with Crippen LogP contribution in [0, 0.1) is 0 Å². The van der Waals surface area contributed by atoms with Crippen LogP contribution in [-0.2, 0) is 16.4 Å².